The normalized spacial score (nSPS) is 11.8. The van der Waals surface area contributed by atoms with Gasteiger partial charge >= 0.3 is 0 Å². The van der Waals surface area contributed by atoms with Gasteiger partial charge in [0.25, 0.3) is 5.91 Å². The third-order valence-electron chi connectivity index (χ3n) is 5.64. The number of aromatic amines is 1. The highest BCUT2D eigenvalue weighted by molar-refractivity contribution is 6.05. The van der Waals surface area contributed by atoms with E-state index in [1.807, 2.05) is 55.5 Å². The highest BCUT2D eigenvalue weighted by Gasteiger charge is 2.23. The SMILES string of the molecule is Cc1[nH]c2ccc(NC(=O)c3ccccc3F)cc2c1C(Nc1ccccn1)c1ccccn1. The van der Waals surface area contributed by atoms with Gasteiger partial charge in [0.2, 0.25) is 0 Å². The van der Waals surface area contributed by atoms with Gasteiger partial charge < -0.3 is 15.6 Å². The number of anilines is 2. The molecule has 5 aromatic rings. The second kappa shape index (κ2) is 9.15. The van der Waals surface area contributed by atoms with Crippen LogP contribution in [0.15, 0.2) is 91.3 Å². The van der Waals surface area contributed by atoms with Gasteiger partial charge in [0.15, 0.2) is 0 Å². The molecule has 1 amide bonds. The molecule has 5 rings (SSSR count). The molecule has 0 saturated carbocycles. The molecule has 0 aliphatic heterocycles. The fourth-order valence-corrected chi connectivity index (χ4v) is 4.08. The molecule has 6 nitrogen and oxygen atoms in total. The summed E-state index contributed by atoms with van der Waals surface area (Å²) in [6.45, 7) is 2.00. The van der Waals surface area contributed by atoms with Crippen LogP contribution >= 0.6 is 0 Å². The van der Waals surface area contributed by atoms with Crippen molar-refractivity contribution in [2.75, 3.05) is 10.6 Å². The van der Waals surface area contributed by atoms with Crippen molar-refractivity contribution in [1.82, 2.24) is 15.0 Å². The van der Waals surface area contributed by atoms with Gasteiger partial charge in [-0.2, -0.15) is 0 Å². The van der Waals surface area contributed by atoms with Crippen LogP contribution in [0.1, 0.15) is 33.4 Å². The number of hydrogen-bond acceptors (Lipinski definition) is 4. The summed E-state index contributed by atoms with van der Waals surface area (Å²) in [7, 11) is 0. The second-order valence-corrected chi connectivity index (χ2v) is 7.90. The third kappa shape index (κ3) is 4.23. The number of nitrogens with one attached hydrogen (secondary N) is 3. The van der Waals surface area contributed by atoms with Crippen LogP contribution in [0.2, 0.25) is 0 Å². The van der Waals surface area contributed by atoms with E-state index in [9.17, 15) is 9.18 Å². The summed E-state index contributed by atoms with van der Waals surface area (Å²) in [5, 5.41) is 7.23. The molecule has 0 aliphatic carbocycles. The fourth-order valence-electron chi connectivity index (χ4n) is 4.08. The van der Waals surface area contributed by atoms with Gasteiger partial charge in [-0.25, -0.2) is 9.37 Å². The molecule has 0 spiro atoms. The predicted molar refractivity (Wildman–Crippen MR) is 131 cm³/mol. The quantitative estimate of drug-likeness (QED) is 0.302. The highest BCUT2D eigenvalue weighted by atomic mass is 19.1. The number of hydrogen-bond donors (Lipinski definition) is 3. The van der Waals surface area contributed by atoms with E-state index in [1.54, 1.807) is 30.6 Å². The van der Waals surface area contributed by atoms with Crippen LogP contribution in [0.4, 0.5) is 15.9 Å². The molecule has 7 heteroatoms. The number of carbonyl (C=O) groups excluding carboxylic acids is 1. The van der Waals surface area contributed by atoms with Gasteiger partial charge in [-0.3, -0.25) is 9.78 Å². The molecule has 0 saturated heterocycles. The summed E-state index contributed by atoms with van der Waals surface area (Å²) in [6.07, 6.45) is 3.49. The fraction of sp³-hybridized carbons (Fsp3) is 0.0741. The van der Waals surface area contributed by atoms with Gasteiger partial charge in [-0.05, 0) is 61.5 Å². The summed E-state index contributed by atoms with van der Waals surface area (Å²) in [5.74, 6) is -0.343. The van der Waals surface area contributed by atoms with Crippen molar-refractivity contribution in [3.05, 3.63) is 120 Å². The number of aromatic nitrogens is 3. The van der Waals surface area contributed by atoms with E-state index < -0.39 is 11.7 Å². The number of nitrogens with zero attached hydrogens (tertiary/aromatic N) is 2. The van der Waals surface area contributed by atoms with Crippen LogP contribution in [0.5, 0.6) is 0 Å². The van der Waals surface area contributed by atoms with Crippen LogP contribution < -0.4 is 10.6 Å². The lowest BCUT2D eigenvalue weighted by Crippen LogP contribution is -2.15. The van der Waals surface area contributed by atoms with Crippen LogP contribution in [0.25, 0.3) is 10.9 Å². The maximum Gasteiger partial charge on any atom is 0.258 e. The number of rotatable bonds is 6. The minimum Gasteiger partial charge on any atom is -0.358 e. The average Bonchev–Trinajstić information content (AvgIpc) is 3.19. The number of halogens is 1. The number of amides is 1. The highest BCUT2D eigenvalue weighted by Crippen LogP contribution is 2.35. The van der Waals surface area contributed by atoms with Gasteiger partial charge in [0.05, 0.1) is 17.3 Å². The first-order valence-electron chi connectivity index (χ1n) is 10.9. The first-order valence-corrected chi connectivity index (χ1v) is 10.9. The number of fused-ring (bicyclic) bond motifs is 1. The molecule has 0 bridgehead atoms. The second-order valence-electron chi connectivity index (χ2n) is 7.90. The Morgan fingerprint density at radius 2 is 1.71 bits per heavy atom. The zero-order chi connectivity index (χ0) is 23.5. The molecule has 1 unspecified atom stereocenters. The van der Waals surface area contributed by atoms with E-state index in [2.05, 4.69) is 25.6 Å². The monoisotopic (exact) mass is 451 g/mol. The van der Waals surface area contributed by atoms with Gasteiger partial charge in [-0.15, -0.1) is 0 Å². The van der Waals surface area contributed by atoms with Crippen LogP contribution in [0, 0.1) is 12.7 Å². The molecule has 0 aliphatic rings. The molecular weight excluding hydrogens is 429 g/mol. The van der Waals surface area contributed by atoms with E-state index in [0.29, 0.717) is 5.69 Å². The van der Waals surface area contributed by atoms with Gasteiger partial charge in [0, 0.05) is 40.2 Å². The van der Waals surface area contributed by atoms with Crippen molar-refractivity contribution < 1.29 is 9.18 Å². The van der Waals surface area contributed by atoms with Crippen molar-refractivity contribution in [1.29, 1.82) is 0 Å². The lowest BCUT2D eigenvalue weighted by atomic mass is 9.99. The van der Waals surface area contributed by atoms with E-state index in [4.69, 9.17) is 0 Å². The Hall–Kier alpha value is -4.52. The summed E-state index contributed by atoms with van der Waals surface area (Å²) < 4.78 is 14.1. The molecule has 0 radical (unpaired) electrons. The molecule has 0 fully saturated rings. The van der Waals surface area contributed by atoms with E-state index >= 15 is 0 Å². The molecular formula is C27H22FN5O. The molecule has 2 aromatic carbocycles. The third-order valence-corrected chi connectivity index (χ3v) is 5.64. The predicted octanol–water partition coefficient (Wildman–Crippen LogP) is 5.86. The first-order chi connectivity index (χ1) is 16.6. The van der Waals surface area contributed by atoms with E-state index in [1.165, 1.54) is 12.1 Å². The van der Waals surface area contributed by atoms with E-state index in [-0.39, 0.29) is 11.6 Å². The number of benzene rings is 2. The zero-order valence-electron chi connectivity index (χ0n) is 18.4. The first kappa shape index (κ1) is 21.3. The molecule has 1 atom stereocenters. The lowest BCUT2D eigenvalue weighted by Gasteiger charge is -2.20. The Kier molecular flexibility index (Phi) is 5.74. The topological polar surface area (TPSA) is 82.7 Å². The Morgan fingerprint density at radius 3 is 2.44 bits per heavy atom. The summed E-state index contributed by atoms with van der Waals surface area (Å²) >= 11 is 0. The van der Waals surface area contributed by atoms with Crippen LogP contribution in [0.3, 0.4) is 0 Å². The molecule has 168 valence electrons. The van der Waals surface area contributed by atoms with Crippen molar-refractivity contribution in [2.45, 2.75) is 13.0 Å². The zero-order valence-corrected chi connectivity index (χ0v) is 18.4. The minimum absolute atomic E-state index is 0.00347. The standard InChI is InChI=1S/C27H22FN5O/c1-17-25(26(23-10-4-6-14-29-23)33-24-11-5-7-15-30-24)20-16-18(12-13-22(20)31-17)32-27(34)19-8-2-3-9-21(19)28/h2-16,26,31H,1H3,(H,30,33)(H,32,34). The van der Waals surface area contributed by atoms with Crippen molar-refractivity contribution in [3.8, 4) is 0 Å². The van der Waals surface area contributed by atoms with Crippen molar-refractivity contribution in [3.63, 3.8) is 0 Å². The lowest BCUT2D eigenvalue weighted by molar-refractivity contribution is 0.102. The average molecular weight is 452 g/mol. The van der Waals surface area contributed by atoms with Gasteiger partial charge in [-0.1, -0.05) is 24.3 Å². The Labute approximate surface area is 195 Å². The maximum absolute atomic E-state index is 14.1. The Morgan fingerprint density at radius 1 is 0.941 bits per heavy atom. The number of carbonyl (C=O) groups is 1. The summed E-state index contributed by atoms with van der Waals surface area (Å²) in [4.78, 5) is 25.1. The van der Waals surface area contributed by atoms with Crippen LogP contribution in [-0.4, -0.2) is 20.9 Å². The number of aryl methyl sites for hydroxylation is 1. The van der Waals surface area contributed by atoms with Gasteiger partial charge in [0.1, 0.15) is 11.6 Å². The number of pyridine rings is 2. The van der Waals surface area contributed by atoms with Crippen molar-refractivity contribution in [2.24, 2.45) is 0 Å². The summed E-state index contributed by atoms with van der Waals surface area (Å²) in [6, 6.07) is 22.7. The largest absolute Gasteiger partial charge is 0.358 e. The Balaban J connectivity index is 1.56. The molecule has 3 aromatic heterocycles. The van der Waals surface area contributed by atoms with E-state index in [0.717, 1.165) is 33.7 Å². The summed E-state index contributed by atoms with van der Waals surface area (Å²) in [5.41, 5.74) is 4.26. The smallest absolute Gasteiger partial charge is 0.258 e. The maximum atomic E-state index is 14.1. The molecule has 34 heavy (non-hydrogen) atoms. The van der Waals surface area contributed by atoms with Crippen LogP contribution in [-0.2, 0) is 0 Å². The Bertz CT molecular complexity index is 1450. The van der Waals surface area contributed by atoms with Crippen molar-refractivity contribution >= 4 is 28.3 Å². The molecule has 3 heterocycles. The molecule has 3 N–H and O–H groups in total. The number of H-pyrrole nitrogens is 1. The minimum atomic E-state index is -0.561.